The summed E-state index contributed by atoms with van der Waals surface area (Å²) in [6.07, 6.45) is 0. The summed E-state index contributed by atoms with van der Waals surface area (Å²) < 4.78 is 32.1. The number of aromatic nitrogens is 3. The average molecular weight is 567 g/mol. The molecule has 0 unspecified atom stereocenters. The van der Waals surface area contributed by atoms with Crippen molar-refractivity contribution < 1.29 is 23.2 Å². The van der Waals surface area contributed by atoms with E-state index in [0.717, 1.165) is 21.5 Å². The van der Waals surface area contributed by atoms with Gasteiger partial charge in [-0.1, -0.05) is 24.3 Å². The average Bonchev–Trinajstić information content (AvgIpc) is 2.92. The van der Waals surface area contributed by atoms with Gasteiger partial charge in [0.05, 0.1) is 4.90 Å². The van der Waals surface area contributed by atoms with E-state index >= 15 is 0 Å². The third kappa shape index (κ3) is 5.93. The van der Waals surface area contributed by atoms with Gasteiger partial charge in [-0.25, -0.2) is 0 Å². The Hall–Kier alpha value is -5.46. The van der Waals surface area contributed by atoms with Gasteiger partial charge in [-0.15, -0.1) is 0 Å². The molecule has 0 aliphatic heterocycles. The maximum Gasteiger partial charge on any atom is 0.294 e. The second-order valence-electron chi connectivity index (χ2n) is 9.17. The number of hydrogen-bond donors (Lipinski definition) is 6. The minimum Gasteiger partial charge on any atom is -0.508 e. The number of anilines is 6. The Balaban J connectivity index is 1.35. The van der Waals surface area contributed by atoms with Crippen molar-refractivity contribution >= 4 is 66.6 Å². The third-order valence-electron chi connectivity index (χ3n) is 6.20. The molecule has 0 atom stereocenters. The van der Waals surface area contributed by atoms with Crippen molar-refractivity contribution in [2.75, 3.05) is 16.0 Å². The Morgan fingerprint density at radius 2 is 0.878 bits per heavy atom. The zero-order valence-electron chi connectivity index (χ0n) is 21.1. The Labute approximate surface area is 233 Å². The van der Waals surface area contributed by atoms with Gasteiger partial charge in [0.15, 0.2) is 0 Å². The largest absolute Gasteiger partial charge is 0.508 e. The maximum absolute atomic E-state index is 11.4. The third-order valence-corrected chi connectivity index (χ3v) is 7.07. The number of benzene rings is 5. The predicted molar refractivity (Wildman–Crippen MR) is 157 cm³/mol. The summed E-state index contributed by atoms with van der Waals surface area (Å²) in [4.78, 5) is 13.2. The number of aromatic hydroxyl groups is 2. The first-order valence-electron chi connectivity index (χ1n) is 12.3. The molecular formula is C29H22N6O5S. The highest BCUT2D eigenvalue weighted by Crippen LogP contribution is 2.28. The lowest BCUT2D eigenvalue weighted by molar-refractivity contribution is 0.475. The van der Waals surface area contributed by atoms with E-state index in [-0.39, 0.29) is 34.2 Å². The number of rotatable bonds is 7. The number of phenols is 2. The van der Waals surface area contributed by atoms with Crippen molar-refractivity contribution in [3.05, 3.63) is 97.1 Å². The van der Waals surface area contributed by atoms with Crippen LogP contribution in [0.3, 0.4) is 0 Å². The van der Waals surface area contributed by atoms with Gasteiger partial charge >= 0.3 is 0 Å². The first kappa shape index (κ1) is 25.8. The van der Waals surface area contributed by atoms with Gasteiger partial charge in [0, 0.05) is 17.1 Å². The number of nitrogens with zero attached hydrogens (tertiary/aromatic N) is 3. The molecule has 41 heavy (non-hydrogen) atoms. The number of nitrogens with one attached hydrogen (secondary N) is 3. The SMILES string of the molecule is O=S(=O)(O)c1ccc(Nc2nc(Nc3ccc4ccc(O)cc4c3)nc(Nc3ccc4ccc(O)cc4c3)n2)cc1. The molecule has 0 aliphatic rings. The topological polar surface area (TPSA) is 170 Å². The van der Waals surface area contributed by atoms with Crippen LogP contribution in [0.15, 0.2) is 102 Å². The summed E-state index contributed by atoms with van der Waals surface area (Å²) in [6.45, 7) is 0. The molecule has 0 spiro atoms. The van der Waals surface area contributed by atoms with Crippen molar-refractivity contribution in [1.29, 1.82) is 0 Å². The van der Waals surface area contributed by atoms with Gasteiger partial charge in [-0.05, 0) is 94.3 Å². The summed E-state index contributed by atoms with van der Waals surface area (Å²) in [6, 6.07) is 26.8. The van der Waals surface area contributed by atoms with E-state index in [2.05, 4.69) is 30.9 Å². The van der Waals surface area contributed by atoms with E-state index in [1.54, 1.807) is 24.3 Å². The number of fused-ring (bicyclic) bond motifs is 2. The Morgan fingerprint density at radius 1 is 0.488 bits per heavy atom. The molecule has 1 aromatic heterocycles. The highest BCUT2D eigenvalue weighted by molar-refractivity contribution is 7.85. The van der Waals surface area contributed by atoms with Crippen LogP contribution in [0.25, 0.3) is 21.5 Å². The highest BCUT2D eigenvalue weighted by Gasteiger charge is 2.12. The minimum atomic E-state index is -4.33. The van der Waals surface area contributed by atoms with Gasteiger partial charge in [0.1, 0.15) is 11.5 Å². The smallest absolute Gasteiger partial charge is 0.294 e. The fourth-order valence-corrected chi connectivity index (χ4v) is 4.74. The van der Waals surface area contributed by atoms with E-state index < -0.39 is 10.1 Å². The van der Waals surface area contributed by atoms with Crippen LogP contribution < -0.4 is 16.0 Å². The lowest BCUT2D eigenvalue weighted by Gasteiger charge is -2.12. The summed E-state index contributed by atoms with van der Waals surface area (Å²) in [5, 5.41) is 32.6. The first-order chi connectivity index (χ1) is 19.7. The normalized spacial score (nSPS) is 11.4. The standard InChI is InChI=1S/C29H22N6O5S/c36-24-9-3-17-1-5-22(13-19(17)15-24)31-28-33-27(30-21-7-11-26(12-8-21)41(38,39)40)34-29(35-28)32-23-6-2-18-4-10-25(37)16-20(18)14-23/h1-16,36-37H,(H,38,39,40)(H3,30,31,32,33,34,35). The molecule has 0 amide bonds. The van der Waals surface area contributed by atoms with E-state index in [1.807, 2.05) is 48.5 Å². The van der Waals surface area contributed by atoms with Crippen LogP contribution in [-0.4, -0.2) is 38.1 Å². The molecule has 0 saturated carbocycles. The van der Waals surface area contributed by atoms with Crippen LogP contribution >= 0.6 is 0 Å². The van der Waals surface area contributed by atoms with E-state index in [1.165, 1.54) is 24.3 Å². The summed E-state index contributed by atoms with van der Waals surface area (Å²) in [5.41, 5.74) is 1.82. The van der Waals surface area contributed by atoms with Gasteiger partial charge in [-0.2, -0.15) is 23.4 Å². The Morgan fingerprint density at radius 3 is 1.32 bits per heavy atom. The molecule has 0 bridgehead atoms. The van der Waals surface area contributed by atoms with Gasteiger partial charge < -0.3 is 26.2 Å². The van der Waals surface area contributed by atoms with Gasteiger partial charge in [0.2, 0.25) is 17.8 Å². The zero-order valence-corrected chi connectivity index (χ0v) is 22.0. The van der Waals surface area contributed by atoms with E-state index in [9.17, 15) is 23.2 Å². The van der Waals surface area contributed by atoms with Crippen molar-refractivity contribution in [2.45, 2.75) is 4.90 Å². The van der Waals surface area contributed by atoms with Gasteiger partial charge in [-0.3, -0.25) is 4.55 Å². The van der Waals surface area contributed by atoms with Crippen molar-refractivity contribution in [3.8, 4) is 11.5 Å². The molecule has 11 nitrogen and oxygen atoms in total. The molecule has 12 heteroatoms. The maximum atomic E-state index is 11.4. The van der Waals surface area contributed by atoms with Crippen molar-refractivity contribution in [2.24, 2.45) is 0 Å². The lowest BCUT2D eigenvalue weighted by atomic mass is 10.1. The molecule has 0 radical (unpaired) electrons. The monoisotopic (exact) mass is 566 g/mol. The second kappa shape index (κ2) is 10.3. The molecule has 0 fully saturated rings. The van der Waals surface area contributed by atoms with E-state index in [4.69, 9.17) is 0 Å². The lowest BCUT2D eigenvalue weighted by Crippen LogP contribution is -2.07. The number of hydrogen-bond acceptors (Lipinski definition) is 10. The van der Waals surface area contributed by atoms with Crippen molar-refractivity contribution in [1.82, 2.24) is 15.0 Å². The molecule has 5 aromatic carbocycles. The first-order valence-corrected chi connectivity index (χ1v) is 13.7. The zero-order chi connectivity index (χ0) is 28.6. The fourth-order valence-electron chi connectivity index (χ4n) is 4.26. The second-order valence-corrected chi connectivity index (χ2v) is 10.6. The fraction of sp³-hybridized carbons (Fsp3) is 0. The minimum absolute atomic E-state index is 0.150. The quantitative estimate of drug-likeness (QED) is 0.124. The highest BCUT2D eigenvalue weighted by atomic mass is 32.2. The molecule has 6 N–H and O–H groups in total. The molecule has 6 aromatic rings. The van der Waals surface area contributed by atoms with Crippen LogP contribution in [0.1, 0.15) is 0 Å². The van der Waals surface area contributed by atoms with Gasteiger partial charge in [0.25, 0.3) is 10.1 Å². The molecule has 6 rings (SSSR count). The summed E-state index contributed by atoms with van der Waals surface area (Å²) in [7, 11) is -4.33. The number of phenolic OH excluding ortho intramolecular Hbond substituents is 2. The van der Waals surface area contributed by atoms with Crippen LogP contribution in [0.4, 0.5) is 34.9 Å². The van der Waals surface area contributed by atoms with Crippen LogP contribution in [-0.2, 0) is 10.1 Å². The van der Waals surface area contributed by atoms with Crippen molar-refractivity contribution in [3.63, 3.8) is 0 Å². The van der Waals surface area contributed by atoms with Crippen LogP contribution in [0, 0.1) is 0 Å². The molecule has 0 aliphatic carbocycles. The molecule has 1 heterocycles. The van der Waals surface area contributed by atoms with Crippen LogP contribution in [0.5, 0.6) is 11.5 Å². The van der Waals surface area contributed by atoms with Crippen LogP contribution in [0.2, 0.25) is 0 Å². The molecular weight excluding hydrogens is 544 g/mol. The van der Waals surface area contributed by atoms with E-state index in [0.29, 0.717) is 17.1 Å². The predicted octanol–water partition coefficient (Wildman–Crippen LogP) is 6.07. The Bertz CT molecular complexity index is 1930. The summed E-state index contributed by atoms with van der Waals surface area (Å²) in [5.74, 6) is 0.865. The Kier molecular flexibility index (Phi) is 6.46. The summed E-state index contributed by atoms with van der Waals surface area (Å²) >= 11 is 0. The molecule has 204 valence electrons. The molecule has 0 saturated heterocycles.